The average Bonchev–Trinajstić information content (AvgIpc) is 3.57. The summed E-state index contributed by atoms with van der Waals surface area (Å²) in [6.45, 7) is 5.69. The van der Waals surface area contributed by atoms with E-state index >= 15 is 0 Å². The van der Waals surface area contributed by atoms with E-state index in [9.17, 15) is 4.79 Å². The molecule has 1 saturated carbocycles. The number of amides is 1. The molecule has 1 aromatic carbocycles. The van der Waals surface area contributed by atoms with Crippen LogP contribution in [0.1, 0.15) is 47.6 Å². The Morgan fingerprint density at radius 3 is 2.62 bits per heavy atom. The number of likely N-dealkylation sites (N-methyl/N-ethyl adjacent to an activating group) is 1. The number of benzene rings is 1. The third-order valence-corrected chi connectivity index (χ3v) is 9.61. The van der Waals surface area contributed by atoms with Gasteiger partial charge >= 0.3 is 0 Å². The van der Waals surface area contributed by atoms with Crippen molar-refractivity contribution in [2.45, 2.75) is 50.6 Å². The van der Waals surface area contributed by atoms with Crippen LogP contribution in [0.15, 0.2) is 30.6 Å². The molecule has 1 saturated heterocycles. The molecule has 6 rings (SSSR count). The summed E-state index contributed by atoms with van der Waals surface area (Å²) in [5.41, 5.74) is 2.46. The molecule has 37 heavy (non-hydrogen) atoms. The molecule has 1 aliphatic carbocycles. The minimum absolute atomic E-state index is 0.198. The predicted octanol–water partition coefficient (Wildman–Crippen LogP) is 4.30. The number of fused-ring (bicyclic) bond motifs is 3. The fourth-order valence-electron chi connectivity index (χ4n) is 6.09. The summed E-state index contributed by atoms with van der Waals surface area (Å²) < 4.78 is 0. The lowest BCUT2D eigenvalue weighted by atomic mass is 9.96. The van der Waals surface area contributed by atoms with Gasteiger partial charge in [0.2, 0.25) is 5.91 Å². The van der Waals surface area contributed by atoms with Crippen LogP contribution >= 0.6 is 22.9 Å². The van der Waals surface area contributed by atoms with Gasteiger partial charge in [-0.1, -0.05) is 36.6 Å². The third kappa shape index (κ3) is 5.21. The van der Waals surface area contributed by atoms with Gasteiger partial charge in [-0.05, 0) is 49.6 Å². The number of hydrogen-bond donors (Lipinski definition) is 1. The van der Waals surface area contributed by atoms with E-state index in [0.717, 1.165) is 48.8 Å². The van der Waals surface area contributed by atoms with Gasteiger partial charge in [-0.25, -0.2) is 9.97 Å². The van der Waals surface area contributed by atoms with E-state index in [1.54, 1.807) is 17.7 Å². The standard InChI is InChI=1S/C28H35ClN6OS/c1-33-11-10-22-24(17-33)37-27-25(22)26(31-18-32-27)34-12-14-35(15-13-34)28(36)23(16-30-21-4-2-3-5-21)19-6-8-20(29)9-7-19/h6-9,18,21,23,30H,2-5,10-17H2,1H3. The van der Waals surface area contributed by atoms with E-state index < -0.39 is 0 Å². The Hall–Kier alpha value is -2.26. The fourth-order valence-corrected chi connectivity index (χ4v) is 7.48. The zero-order chi connectivity index (χ0) is 25.4. The Bertz CT molecular complexity index is 1250. The highest BCUT2D eigenvalue weighted by Gasteiger charge is 2.31. The van der Waals surface area contributed by atoms with E-state index in [2.05, 4.69) is 27.1 Å². The quantitative estimate of drug-likeness (QED) is 0.505. The topological polar surface area (TPSA) is 64.6 Å². The van der Waals surface area contributed by atoms with E-state index in [1.807, 2.05) is 29.2 Å². The SMILES string of the molecule is CN1CCc2c(sc3ncnc(N4CCN(C(=O)C(CNC5CCCC5)c5ccc(Cl)cc5)CC4)c23)C1. The molecule has 0 radical (unpaired) electrons. The summed E-state index contributed by atoms with van der Waals surface area (Å²) >= 11 is 7.96. The maximum Gasteiger partial charge on any atom is 0.231 e. The molecule has 7 nitrogen and oxygen atoms in total. The van der Waals surface area contributed by atoms with Crippen molar-refractivity contribution < 1.29 is 4.79 Å². The molecular formula is C28H35ClN6OS. The molecule has 0 spiro atoms. The Morgan fingerprint density at radius 1 is 1.11 bits per heavy atom. The minimum atomic E-state index is -0.198. The van der Waals surface area contributed by atoms with E-state index in [1.165, 1.54) is 41.5 Å². The number of anilines is 1. The monoisotopic (exact) mass is 538 g/mol. The van der Waals surface area contributed by atoms with Crippen LogP contribution in [0.25, 0.3) is 10.2 Å². The lowest BCUT2D eigenvalue weighted by Gasteiger charge is -2.37. The van der Waals surface area contributed by atoms with Crippen LogP contribution in [0.2, 0.25) is 5.02 Å². The highest BCUT2D eigenvalue weighted by atomic mass is 35.5. The average molecular weight is 539 g/mol. The van der Waals surface area contributed by atoms with Crippen LogP contribution in [0.4, 0.5) is 5.82 Å². The summed E-state index contributed by atoms with van der Waals surface area (Å²) in [6, 6.07) is 8.32. The first-order chi connectivity index (χ1) is 18.1. The molecule has 3 aromatic rings. The highest BCUT2D eigenvalue weighted by Crippen LogP contribution is 2.38. The summed E-state index contributed by atoms with van der Waals surface area (Å²) in [7, 11) is 2.18. The largest absolute Gasteiger partial charge is 0.352 e. The van der Waals surface area contributed by atoms with Crippen molar-refractivity contribution in [1.82, 2.24) is 25.1 Å². The highest BCUT2D eigenvalue weighted by molar-refractivity contribution is 7.19. The molecule has 1 amide bonds. The molecule has 3 aliphatic rings. The summed E-state index contributed by atoms with van der Waals surface area (Å²) in [6.07, 6.45) is 7.71. The minimum Gasteiger partial charge on any atom is -0.352 e. The van der Waals surface area contributed by atoms with Gasteiger partial charge in [-0.15, -0.1) is 11.3 Å². The first-order valence-corrected chi connectivity index (χ1v) is 14.7. The van der Waals surface area contributed by atoms with E-state index in [0.29, 0.717) is 30.7 Å². The number of nitrogens with one attached hydrogen (secondary N) is 1. The first kappa shape index (κ1) is 25.0. The number of piperazine rings is 1. The van der Waals surface area contributed by atoms with Crippen molar-refractivity contribution in [3.8, 4) is 0 Å². The van der Waals surface area contributed by atoms with E-state index in [4.69, 9.17) is 16.6 Å². The molecule has 9 heteroatoms. The fraction of sp³-hybridized carbons (Fsp3) is 0.536. The zero-order valence-electron chi connectivity index (χ0n) is 21.5. The molecule has 1 N–H and O–H groups in total. The van der Waals surface area contributed by atoms with Crippen LogP contribution in [0, 0.1) is 0 Å². The molecule has 0 bridgehead atoms. The third-order valence-electron chi connectivity index (χ3n) is 8.23. The maximum absolute atomic E-state index is 13.8. The van der Waals surface area contributed by atoms with Gasteiger partial charge in [0.1, 0.15) is 17.0 Å². The Balaban J connectivity index is 1.17. The van der Waals surface area contributed by atoms with Crippen molar-refractivity contribution in [3.05, 3.63) is 51.6 Å². The lowest BCUT2D eigenvalue weighted by molar-refractivity contribution is -0.133. The first-order valence-electron chi connectivity index (χ1n) is 13.5. The van der Waals surface area contributed by atoms with Crippen molar-refractivity contribution in [2.24, 2.45) is 0 Å². The number of halogens is 1. The summed E-state index contributed by atoms with van der Waals surface area (Å²) in [5, 5.41) is 5.62. The van der Waals surface area contributed by atoms with Crippen LogP contribution in [0.5, 0.6) is 0 Å². The molecule has 2 fully saturated rings. The molecule has 2 aromatic heterocycles. The number of rotatable bonds is 6. The maximum atomic E-state index is 13.8. The molecular weight excluding hydrogens is 504 g/mol. The van der Waals surface area contributed by atoms with Crippen LogP contribution in [-0.4, -0.2) is 78.0 Å². The smallest absolute Gasteiger partial charge is 0.231 e. The number of nitrogens with zero attached hydrogens (tertiary/aromatic N) is 5. The Morgan fingerprint density at radius 2 is 1.86 bits per heavy atom. The van der Waals surface area contributed by atoms with E-state index in [-0.39, 0.29) is 11.8 Å². The number of aromatic nitrogens is 2. The Kier molecular flexibility index (Phi) is 7.34. The van der Waals surface area contributed by atoms with Crippen LogP contribution in [-0.2, 0) is 17.8 Å². The molecule has 196 valence electrons. The number of carbonyl (C=O) groups is 1. The van der Waals surface area contributed by atoms with Crippen molar-refractivity contribution in [3.63, 3.8) is 0 Å². The molecule has 4 heterocycles. The number of hydrogen-bond acceptors (Lipinski definition) is 7. The van der Waals surface area contributed by atoms with Crippen LogP contribution < -0.4 is 10.2 Å². The van der Waals surface area contributed by atoms with Gasteiger partial charge in [0.05, 0.1) is 11.3 Å². The predicted molar refractivity (Wildman–Crippen MR) is 151 cm³/mol. The Labute approximate surface area is 227 Å². The molecule has 1 atom stereocenters. The van der Waals surface area contributed by atoms with Crippen LogP contribution in [0.3, 0.4) is 0 Å². The molecule has 2 aliphatic heterocycles. The molecule has 1 unspecified atom stereocenters. The van der Waals surface area contributed by atoms with Gasteiger partial charge in [-0.2, -0.15) is 0 Å². The lowest BCUT2D eigenvalue weighted by Crippen LogP contribution is -2.51. The van der Waals surface area contributed by atoms with Gasteiger partial charge in [0.15, 0.2) is 0 Å². The second kappa shape index (κ2) is 10.8. The van der Waals surface area contributed by atoms with Gasteiger partial charge in [0, 0.05) is 61.8 Å². The summed E-state index contributed by atoms with van der Waals surface area (Å²) in [4.78, 5) is 32.5. The number of carbonyl (C=O) groups excluding carboxylic acids is 1. The zero-order valence-corrected chi connectivity index (χ0v) is 23.0. The van der Waals surface area contributed by atoms with Gasteiger partial charge in [-0.3, -0.25) is 4.79 Å². The van der Waals surface area contributed by atoms with Crippen molar-refractivity contribution in [1.29, 1.82) is 0 Å². The normalized spacial score (nSPS) is 19.9. The van der Waals surface area contributed by atoms with Crippen molar-refractivity contribution >= 4 is 44.9 Å². The van der Waals surface area contributed by atoms with Crippen molar-refractivity contribution in [2.75, 3.05) is 51.2 Å². The second-order valence-electron chi connectivity index (χ2n) is 10.7. The van der Waals surface area contributed by atoms with Gasteiger partial charge in [0.25, 0.3) is 0 Å². The number of thiophene rings is 1. The second-order valence-corrected chi connectivity index (χ2v) is 12.2. The summed E-state index contributed by atoms with van der Waals surface area (Å²) in [5.74, 6) is 1.05. The van der Waals surface area contributed by atoms with Gasteiger partial charge < -0.3 is 20.0 Å².